The highest BCUT2D eigenvalue weighted by Crippen LogP contribution is 2.57. The number of hydrogen-bond acceptors (Lipinski definition) is 2. The van der Waals surface area contributed by atoms with Crippen molar-refractivity contribution in [1.82, 2.24) is 5.32 Å². The summed E-state index contributed by atoms with van der Waals surface area (Å²) in [5.41, 5.74) is 0. The number of rotatable bonds is 4. The third-order valence-corrected chi connectivity index (χ3v) is 4.98. The molecule has 2 fully saturated rings. The maximum absolute atomic E-state index is 3.68. The van der Waals surface area contributed by atoms with Crippen LogP contribution in [0, 0.1) is 17.8 Å². The maximum atomic E-state index is 3.68. The molecular weight excluding hydrogens is 202 g/mol. The van der Waals surface area contributed by atoms with Crippen molar-refractivity contribution in [3.8, 4) is 0 Å². The molecule has 0 saturated heterocycles. The Balaban J connectivity index is 1.73. The van der Waals surface area contributed by atoms with Crippen molar-refractivity contribution in [2.75, 3.05) is 6.54 Å². The Hall–Kier alpha value is -0.340. The summed E-state index contributed by atoms with van der Waals surface area (Å²) < 4.78 is 0. The Bertz CT molecular complexity index is 309. The number of nitrogens with one attached hydrogen (secondary N) is 1. The maximum Gasteiger partial charge on any atom is 0.0443 e. The number of thiophene rings is 1. The molecule has 3 rings (SSSR count). The summed E-state index contributed by atoms with van der Waals surface area (Å²) in [6, 6.07) is 5.12. The van der Waals surface area contributed by atoms with Crippen molar-refractivity contribution >= 4 is 11.3 Å². The normalized spacial score (nSPS) is 35.1. The average Bonchev–Trinajstić information content (AvgIpc) is 2.75. The van der Waals surface area contributed by atoms with Gasteiger partial charge in [0.1, 0.15) is 0 Å². The van der Waals surface area contributed by atoms with Gasteiger partial charge in [-0.1, -0.05) is 13.0 Å². The molecule has 1 heterocycles. The minimum atomic E-state index is 0.641. The van der Waals surface area contributed by atoms with Crippen LogP contribution in [0.25, 0.3) is 0 Å². The highest BCUT2D eigenvalue weighted by atomic mass is 32.1. The molecule has 2 heteroatoms. The zero-order valence-corrected chi connectivity index (χ0v) is 10.1. The summed E-state index contributed by atoms with van der Waals surface area (Å²) in [5, 5.41) is 5.88. The van der Waals surface area contributed by atoms with Gasteiger partial charge in [0.25, 0.3) is 0 Å². The van der Waals surface area contributed by atoms with E-state index in [0.717, 1.165) is 24.3 Å². The topological polar surface area (TPSA) is 12.0 Å². The third-order valence-electron chi connectivity index (χ3n) is 4.03. The van der Waals surface area contributed by atoms with Crippen LogP contribution in [0.1, 0.15) is 37.1 Å². The van der Waals surface area contributed by atoms with Gasteiger partial charge in [0.15, 0.2) is 0 Å². The molecule has 1 N–H and O–H groups in total. The van der Waals surface area contributed by atoms with Gasteiger partial charge in [0.05, 0.1) is 0 Å². The average molecular weight is 221 g/mol. The van der Waals surface area contributed by atoms with Crippen molar-refractivity contribution in [3.63, 3.8) is 0 Å². The minimum Gasteiger partial charge on any atom is -0.309 e. The number of fused-ring (bicyclic) bond motifs is 1. The largest absolute Gasteiger partial charge is 0.309 e. The van der Waals surface area contributed by atoms with E-state index in [1.54, 1.807) is 4.88 Å². The molecule has 2 saturated carbocycles. The lowest BCUT2D eigenvalue weighted by Gasteiger charge is -2.24. The second kappa shape index (κ2) is 3.91. The smallest absolute Gasteiger partial charge is 0.0443 e. The predicted octanol–water partition coefficient (Wildman–Crippen LogP) is 3.44. The molecule has 0 spiro atoms. The number of hydrogen-bond donors (Lipinski definition) is 1. The molecule has 1 aromatic heterocycles. The molecule has 2 aliphatic carbocycles. The van der Waals surface area contributed by atoms with Crippen LogP contribution in [-0.2, 0) is 0 Å². The van der Waals surface area contributed by atoms with E-state index in [1.807, 2.05) is 11.3 Å². The first-order valence-corrected chi connectivity index (χ1v) is 7.03. The highest BCUT2D eigenvalue weighted by molar-refractivity contribution is 7.10. The standard InChI is InChI=1S/C13H19NS/c1-2-14-13(12-4-3-5-15-12)11-7-9-6-10(9)8-11/h3-5,9-11,13-14H,2,6-8H2,1H3. The van der Waals surface area contributed by atoms with Crippen molar-refractivity contribution in [2.45, 2.75) is 32.2 Å². The van der Waals surface area contributed by atoms with Crippen LogP contribution in [-0.4, -0.2) is 6.54 Å². The summed E-state index contributed by atoms with van der Waals surface area (Å²) in [6.45, 7) is 3.31. The van der Waals surface area contributed by atoms with Gasteiger partial charge in [-0.15, -0.1) is 11.3 Å². The molecule has 3 unspecified atom stereocenters. The van der Waals surface area contributed by atoms with Crippen molar-refractivity contribution in [1.29, 1.82) is 0 Å². The fraction of sp³-hybridized carbons (Fsp3) is 0.692. The molecule has 0 amide bonds. The van der Waals surface area contributed by atoms with E-state index in [-0.39, 0.29) is 0 Å². The summed E-state index contributed by atoms with van der Waals surface area (Å²) in [6.07, 6.45) is 4.47. The first-order valence-electron chi connectivity index (χ1n) is 6.15. The van der Waals surface area contributed by atoms with E-state index < -0.39 is 0 Å². The van der Waals surface area contributed by atoms with Crippen molar-refractivity contribution in [3.05, 3.63) is 22.4 Å². The summed E-state index contributed by atoms with van der Waals surface area (Å²) in [5.74, 6) is 3.10. The first kappa shape index (κ1) is 9.86. The Labute approximate surface area is 95.9 Å². The first-order chi connectivity index (χ1) is 7.38. The van der Waals surface area contributed by atoms with Crippen LogP contribution >= 0.6 is 11.3 Å². The summed E-state index contributed by atoms with van der Waals surface area (Å²) in [7, 11) is 0. The van der Waals surface area contributed by atoms with Gasteiger partial charge in [-0.25, -0.2) is 0 Å². The molecule has 82 valence electrons. The molecule has 2 aliphatic rings. The Morgan fingerprint density at radius 3 is 2.80 bits per heavy atom. The van der Waals surface area contributed by atoms with Gasteiger partial charge < -0.3 is 5.32 Å². The van der Waals surface area contributed by atoms with Crippen LogP contribution in [0.3, 0.4) is 0 Å². The second-order valence-electron chi connectivity index (χ2n) is 5.04. The molecular formula is C13H19NS. The fourth-order valence-electron chi connectivity index (χ4n) is 3.22. The Kier molecular flexibility index (Phi) is 2.57. The van der Waals surface area contributed by atoms with Crippen molar-refractivity contribution in [2.24, 2.45) is 17.8 Å². The van der Waals surface area contributed by atoms with E-state index >= 15 is 0 Å². The zero-order chi connectivity index (χ0) is 10.3. The molecule has 0 aromatic carbocycles. The fourth-order valence-corrected chi connectivity index (χ4v) is 4.12. The molecule has 1 nitrogen and oxygen atoms in total. The van der Waals surface area contributed by atoms with Gasteiger partial charge >= 0.3 is 0 Å². The molecule has 15 heavy (non-hydrogen) atoms. The van der Waals surface area contributed by atoms with E-state index in [2.05, 4.69) is 29.8 Å². The lowest BCUT2D eigenvalue weighted by molar-refractivity contribution is 0.351. The SMILES string of the molecule is CCNC(c1cccs1)C1CC2CC2C1. The van der Waals surface area contributed by atoms with Gasteiger partial charge in [-0.2, -0.15) is 0 Å². The molecule has 3 atom stereocenters. The predicted molar refractivity (Wildman–Crippen MR) is 65.1 cm³/mol. The molecule has 0 aliphatic heterocycles. The second-order valence-corrected chi connectivity index (χ2v) is 6.02. The van der Waals surface area contributed by atoms with Crippen LogP contribution in [0.15, 0.2) is 17.5 Å². The van der Waals surface area contributed by atoms with Gasteiger partial charge in [-0.3, -0.25) is 0 Å². The molecule has 0 bridgehead atoms. The van der Waals surface area contributed by atoms with Gasteiger partial charge in [-0.05, 0) is 55.0 Å². The van der Waals surface area contributed by atoms with Crippen LogP contribution in [0.5, 0.6) is 0 Å². The zero-order valence-electron chi connectivity index (χ0n) is 9.28. The third kappa shape index (κ3) is 1.85. The van der Waals surface area contributed by atoms with E-state index in [9.17, 15) is 0 Å². The molecule has 1 aromatic rings. The lowest BCUT2D eigenvalue weighted by atomic mass is 9.93. The van der Waals surface area contributed by atoms with Crippen LogP contribution < -0.4 is 5.32 Å². The van der Waals surface area contributed by atoms with Crippen molar-refractivity contribution < 1.29 is 0 Å². The Morgan fingerprint density at radius 2 is 2.20 bits per heavy atom. The van der Waals surface area contributed by atoms with Gasteiger partial charge in [0.2, 0.25) is 0 Å². The lowest BCUT2D eigenvalue weighted by Crippen LogP contribution is -2.26. The quantitative estimate of drug-likeness (QED) is 0.821. The monoisotopic (exact) mass is 221 g/mol. The molecule has 0 radical (unpaired) electrons. The minimum absolute atomic E-state index is 0.641. The van der Waals surface area contributed by atoms with Crippen LogP contribution in [0.2, 0.25) is 0 Å². The Morgan fingerprint density at radius 1 is 1.40 bits per heavy atom. The van der Waals surface area contributed by atoms with E-state index in [4.69, 9.17) is 0 Å². The highest BCUT2D eigenvalue weighted by Gasteiger charge is 2.48. The van der Waals surface area contributed by atoms with E-state index in [0.29, 0.717) is 6.04 Å². The van der Waals surface area contributed by atoms with Gasteiger partial charge in [0, 0.05) is 10.9 Å². The summed E-state index contributed by atoms with van der Waals surface area (Å²) in [4.78, 5) is 1.54. The summed E-state index contributed by atoms with van der Waals surface area (Å²) >= 11 is 1.91. The van der Waals surface area contributed by atoms with E-state index in [1.165, 1.54) is 19.3 Å². The van der Waals surface area contributed by atoms with Crippen LogP contribution in [0.4, 0.5) is 0 Å².